The lowest BCUT2D eigenvalue weighted by molar-refractivity contribution is -0.130. The van der Waals surface area contributed by atoms with E-state index in [9.17, 15) is 4.79 Å². The van der Waals surface area contributed by atoms with Crippen LogP contribution in [0.15, 0.2) is 18.2 Å². The molecule has 0 radical (unpaired) electrons. The molecule has 0 fully saturated rings. The van der Waals surface area contributed by atoms with Crippen LogP contribution in [0.1, 0.15) is 5.56 Å². The van der Waals surface area contributed by atoms with E-state index in [-0.39, 0.29) is 12.5 Å². The number of rotatable bonds is 9. The summed E-state index contributed by atoms with van der Waals surface area (Å²) in [5.74, 6) is 1.09. The molecule has 0 heterocycles. The molecule has 0 aromatic heterocycles. The van der Waals surface area contributed by atoms with Crippen LogP contribution in [0.2, 0.25) is 0 Å². The third kappa shape index (κ3) is 6.01. The molecule has 1 amide bonds. The normalized spacial score (nSPS) is 10.3. The van der Waals surface area contributed by atoms with Gasteiger partial charge in [-0.25, -0.2) is 0 Å². The molecular formula is C15H24N2O4. The summed E-state index contributed by atoms with van der Waals surface area (Å²) in [5.41, 5.74) is 1.08. The summed E-state index contributed by atoms with van der Waals surface area (Å²) in [5, 5.41) is 3.26. The van der Waals surface area contributed by atoms with Gasteiger partial charge in [0.15, 0.2) is 18.1 Å². The topological polar surface area (TPSA) is 60.0 Å². The van der Waals surface area contributed by atoms with Crippen molar-refractivity contribution in [2.24, 2.45) is 0 Å². The van der Waals surface area contributed by atoms with Gasteiger partial charge in [-0.05, 0) is 17.7 Å². The molecule has 1 N–H and O–H groups in total. The Morgan fingerprint density at radius 2 is 2.00 bits per heavy atom. The van der Waals surface area contributed by atoms with Crippen LogP contribution in [0.3, 0.4) is 0 Å². The second-order valence-electron chi connectivity index (χ2n) is 4.73. The highest BCUT2D eigenvalue weighted by Gasteiger charge is 2.09. The molecule has 0 unspecified atom stereocenters. The molecule has 0 bridgehead atoms. The van der Waals surface area contributed by atoms with Crippen LogP contribution in [0.4, 0.5) is 0 Å². The predicted molar refractivity (Wildman–Crippen MR) is 80.8 cm³/mol. The van der Waals surface area contributed by atoms with E-state index in [1.54, 1.807) is 28.3 Å². The van der Waals surface area contributed by atoms with Gasteiger partial charge in [0.05, 0.1) is 13.7 Å². The maximum absolute atomic E-state index is 11.5. The summed E-state index contributed by atoms with van der Waals surface area (Å²) in [7, 11) is 6.64. The molecule has 6 heteroatoms. The maximum Gasteiger partial charge on any atom is 0.259 e. The molecule has 118 valence electrons. The zero-order valence-electron chi connectivity index (χ0n) is 13.1. The molecule has 0 aliphatic carbocycles. The third-order valence-corrected chi connectivity index (χ3v) is 2.89. The van der Waals surface area contributed by atoms with E-state index in [0.717, 1.165) is 18.7 Å². The smallest absolute Gasteiger partial charge is 0.259 e. The van der Waals surface area contributed by atoms with Crippen molar-refractivity contribution in [3.8, 4) is 11.5 Å². The van der Waals surface area contributed by atoms with Gasteiger partial charge in [0.1, 0.15) is 0 Å². The van der Waals surface area contributed by atoms with Gasteiger partial charge >= 0.3 is 0 Å². The van der Waals surface area contributed by atoms with E-state index in [1.165, 1.54) is 4.90 Å². The van der Waals surface area contributed by atoms with Gasteiger partial charge < -0.3 is 24.4 Å². The minimum atomic E-state index is -0.0950. The minimum Gasteiger partial charge on any atom is -0.493 e. The average Bonchev–Trinajstić information content (AvgIpc) is 2.49. The van der Waals surface area contributed by atoms with Crippen molar-refractivity contribution < 1.29 is 19.0 Å². The molecular weight excluding hydrogens is 272 g/mol. The van der Waals surface area contributed by atoms with Crippen molar-refractivity contribution in [3.05, 3.63) is 23.8 Å². The van der Waals surface area contributed by atoms with Crippen LogP contribution < -0.4 is 14.8 Å². The Kier molecular flexibility index (Phi) is 7.56. The van der Waals surface area contributed by atoms with Crippen LogP contribution in [-0.4, -0.2) is 58.9 Å². The van der Waals surface area contributed by atoms with E-state index < -0.39 is 0 Å². The van der Waals surface area contributed by atoms with Gasteiger partial charge in [-0.2, -0.15) is 0 Å². The maximum atomic E-state index is 11.5. The zero-order chi connectivity index (χ0) is 15.7. The zero-order valence-corrected chi connectivity index (χ0v) is 13.1. The Balaban J connectivity index is 2.59. The average molecular weight is 296 g/mol. The van der Waals surface area contributed by atoms with Crippen LogP contribution in [0.25, 0.3) is 0 Å². The Labute approximate surface area is 126 Å². The SMILES string of the molecule is COCCNCc1ccc(OCC(=O)N(C)C)c(OC)c1. The number of ether oxygens (including phenoxy) is 3. The standard InChI is InChI=1S/C15H24N2O4/c1-17(2)15(18)11-21-13-6-5-12(9-14(13)20-4)10-16-7-8-19-3/h5-6,9,16H,7-8,10-11H2,1-4H3. The number of likely N-dealkylation sites (N-methyl/N-ethyl adjacent to an activating group) is 1. The monoisotopic (exact) mass is 296 g/mol. The first-order chi connectivity index (χ1) is 10.1. The fraction of sp³-hybridized carbons (Fsp3) is 0.533. The highest BCUT2D eigenvalue weighted by Crippen LogP contribution is 2.28. The lowest BCUT2D eigenvalue weighted by atomic mass is 10.2. The third-order valence-electron chi connectivity index (χ3n) is 2.89. The molecule has 1 aromatic carbocycles. The number of hydrogen-bond donors (Lipinski definition) is 1. The predicted octanol–water partition coefficient (Wildman–Crippen LogP) is 0.898. The minimum absolute atomic E-state index is 0.00516. The van der Waals surface area contributed by atoms with Crippen molar-refractivity contribution in [3.63, 3.8) is 0 Å². The van der Waals surface area contributed by atoms with E-state index >= 15 is 0 Å². The van der Waals surface area contributed by atoms with Gasteiger partial charge in [0.2, 0.25) is 0 Å². The molecule has 21 heavy (non-hydrogen) atoms. The fourth-order valence-corrected chi connectivity index (χ4v) is 1.62. The summed E-state index contributed by atoms with van der Waals surface area (Å²) in [6.45, 7) is 2.17. The number of benzene rings is 1. The summed E-state index contributed by atoms with van der Waals surface area (Å²) in [6, 6.07) is 5.65. The van der Waals surface area contributed by atoms with Gasteiger partial charge in [0, 0.05) is 34.3 Å². The number of carbonyl (C=O) groups excluding carboxylic acids is 1. The Morgan fingerprint density at radius 3 is 2.62 bits per heavy atom. The lowest BCUT2D eigenvalue weighted by Crippen LogP contribution is -2.27. The molecule has 0 saturated carbocycles. The van der Waals surface area contributed by atoms with Crippen LogP contribution in [0.5, 0.6) is 11.5 Å². The number of amides is 1. The van der Waals surface area contributed by atoms with Gasteiger partial charge in [-0.1, -0.05) is 6.07 Å². The van der Waals surface area contributed by atoms with Crippen molar-refractivity contribution in [1.29, 1.82) is 0 Å². The molecule has 0 spiro atoms. The highest BCUT2D eigenvalue weighted by molar-refractivity contribution is 5.77. The molecule has 0 saturated heterocycles. The Hall–Kier alpha value is -1.79. The summed E-state index contributed by atoms with van der Waals surface area (Å²) >= 11 is 0. The van der Waals surface area contributed by atoms with E-state index in [1.807, 2.05) is 18.2 Å². The van der Waals surface area contributed by atoms with E-state index in [4.69, 9.17) is 14.2 Å². The molecule has 0 aliphatic heterocycles. The second-order valence-corrected chi connectivity index (χ2v) is 4.73. The number of carbonyl (C=O) groups is 1. The van der Waals surface area contributed by atoms with Crippen LogP contribution in [0, 0.1) is 0 Å². The second kappa shape index (κ2) is 9.20. The Bertz CT molecular complexity index is 449. The Morgan fingerprint density at radius 1 is 1.24 bits per heavy atom. The fourth-order valence-electron chi connectivity index (χ4n) is 1.62. The number of hydrogen-bond acceptors (Lipinski definition) is 5. The summed E-state index contributed by atoms with van der Waals surface area (Å²) in [6.07, 6.45) is 0. The van der Waals surface area contributed by atoms with Crippen LogP contribution in [-0.2, 0) is 16.1 Å². The summed E-state index contributed by atoms with van der Waals surface area (Å²) < 4.78 is 15.8. The van der Waals surface area contributed by atoms with Gasteiger partial charge in [-0.15, -0.1) is 0 Å². The largest absolute Gasteiger partial charge is 0.493 e. The molecule has 1 rings (SSSR count). The molecule has 6 nitrogen and oxygen atoms in total. The van der Waals surface area contributed by atoms with Crippen molar-refractivity contribution >= 4 is 5.91 Å². The van der Waals surface area contributed by atoms with E-state index in [2.05, 4.69) is 5.32 Å². The van der Waals surface area contributed by atoms with E-state index in [0.29, 0.717) is 18.1 Å². The first-order valence-corrected chi connectivity index (χ1v) is 6.78. The quantitative estimate of drug-likeness (QED) is 0.686. The molecule has 0 aliphatic rings. The number of nitrogens with zero attached hydrogens (tertiary/aromatic N) is 1. The van der Waals surface area contributed by atoms with Crippen molar-refractivity contribution in [1.82, 2.24) is 10.2 Å². The summed E-state index contributed by atoms with van der Waals surface area (Å²) in [4.78, 5) is 13.0. The van der Waals surface area contributed by atoms with Gasteiger partial charge in [0.25, 0.3) is 5.91 Å². The van der Waals surface area contributed by atoms with Crippen molar-refractivity contribution in [2.75, 3.05) is 48.1 Å². The highest BCUT2D eigenvalue weighted by atomic mass is 16.5. The first kappa shape index (κ1) is 17.3. The van der Waals surface area contributed by atoms with Crippen molar-refractivity contribution in [2.45, 2.75) is 6.54 Å². The molecule has 1 aromatic rings. The molecule has 0 atom stereocenters. The number of nitrogens with one attached hydrogen (secondary N) is 1. The number of methoxy groups -OCH3 is 2. The first-order valence-electron chi connectivity index (χ1n) is 6.78. The lowest BCUT2D eigenvalue weighted by Gasteiger charge is -2.14. The van der Waals surface area contributed by atoms with Gasteiger partial charge in [-0.3, -0.25) is 4.79 Å². The van der Waals surface area contributed by atoms with Crippen LogP contribution >= 0.6 is 0 Å².